The van der Waals surface area contributed by atoms with Crippen molar-refractivity contribution in [1.29, 1.82) is 0 Å². The maximum absolute atomic E-state index is 11.0. The lowest BCUT2D eigenvalue weighted by Crippen LogP contribution is -2.23. The van der Waals surface area contributed by atoms with E-state index in [1.165, 1.54) is 6.07 Å². The molecular formula is C16H21N3O2. The van der Waals surface area contributed by atoms with Crippen LogP contribution >= 0.6 is 0 Å². The molecule has 2 atom stereocenters. The molecule has 5 heteroatoms. The van der Waals surface area contributed by atoms with Gasteiger partial charge in [-0.15, -0.1) is 0 Å². The highest BCUT2D eigenvalue weighted by molar-refractivity contribution is 5.93. The van der Waals surface area contributed by atoms with Gasteiger partial charge in [-0.05, 0) is 31.9 Å². The van der Waals surface area contributed by atoms with E-state index in [-0.39, 0.29) is 10.6 Å². The smallest absolute Gasteiger partial charge is 0.270 e. The van der Waals surface area contributed by atoms with Gasteiger partial charge in [0.05, 0.1) is 10.4 Å². The van der Waals surface area contributed by atoms with Gasteiger partial charge in [-0.1, -0.05) is 20.3 Å². The van der Waals surface area contributed by atoms with Crippen molar-refractivity contribution in [2.45, 2.75) is 40.2 Å². The molecule has 0 amide bonds. The Morgan fingerprint density at radius 1 is 1.33 bits per heavy atom. The van der Waals surface area contributed by atoms with Gasteiger partial charge in [0, 0.05) is 34.9 Å². The van der Waals surface area contributed by atoms with Crippen LogP contribution in [0.3, 0.4) is 0 Å². The number of nitro benzene ring substituents is 1. The van der Waals surface area contributed by atoms with Crippen molar-refractivity contribution in [2.24, 2.45) is 5.92 Å². The predicted octanol–water partition coefficient (Wildman–Crippen LogP) is 4.30. The second kappa shape index (κ2) is 6.08. The summed E-state index contributed by atoms with van der Waals surface area (Å²) in [6.45, 7) is 8.41. The molecule has 2 rings (SSSR count). The van der Waals surface area contributed by atoms with Gasteiger partial charge in [-0.2, -0.15) is 0 Å². The third-order valence-corrected chi connectivity index (χ3v) is 4.01. The maximum Gasteiger partial charge on any atom is 0.270 e. The van der Waals surface area contributed by atoms with Gasteiger partial charge < -0.3 is 5.32 Å². The van der Waals surface area contributed by atoms with E-state index in [0.717, 1.165) is 28.7 Å². The zero-order valence-electron chi connectivity index (χ0n) is 12.9. The average Bonchev–Trinajstić information content (AvgIpc) is 2.45. The molecule has 0 aliphatic carbocycles. The zero-order valence-corrected chi connectivity index (χ0v) is 12.9. The summed E-state index contributed by atoms with van der Waals surface area (Å²) in [5.41, 5.74) is 2.68. The number of hydrogen-bond acceptors (Lipinski definition) is 4. The molecule has 112 valence electrons. The molecule has 0 aliphatic heterocycles. The third-order valence-electron chi connectivity index (χ3n) is 4.01. The van der Waals surface area contributed by atoms with E-state index in [1.54, 1.807) is 12.1 Å². The van der Waals surface area contributed by atoms with Crippen LogP contribution in [0.4, 0.5) is 11.4 Å². The van der Waals surface area contributed by atoms with E-state index >= 15 is 0 Å². The molecule has 5 nitrogen and oxygen atoms in total. The minimum absolute atomic E-state index is 0.0902. The van der Waals surface area contributed by atoms with Crippen molar-refractivity contribution in [2.75, 3.05) is 5.32 Å². The minimum atomic E-state index is -0.374. The summed E-state index contributed by atoms with van der Waals surface area (Å²) in [5.74, 6) is 0.521. The molecule has 0 spiro atoms. The summed E-state index contributed by atoms with van der Waals surface area (Å²) in [4.78, 5) is 15.0. The Labute approximate surface area is 124 Å². The van der Waals surface area contributed by atoms with Crippen molar-refractivity contribution in [3.8, 4) is 0 Å². The highest BCUT2D eigenvalue weighted by atomic mass is 16.6. The Balaban J connectivity index is 2.50. The summed E-state index contributed by atoms with van der Waals surface area (Å²) in [7, 11) is 0. The molecule has 1 aromatic carbocycles. The van der Waals surface area contributed by atoms with Gasteiger partial charge in [0.2, 0.25) is 0 Å². The molecule has 0 saturated heterocycles. The number of pyridine rings is 1. The Kier molecular flexibility index (Phi) is 4.40. The van der Waals surface area contributed by atoms with E-state index in [1.807, 2.05) is 13.0 Å². The highest BCUT2D eigenvalue weighted by Crippen LogP contribution is 2.28. The van der Waals surface area contributed by atoms with Crippen LogP contribution < -0.4 is 5.32 Å². The van der Waals surface area contributed by atoms with Gasteiger partial charge in [0.25, 0.3) is 5.69 Å². The fraction of sp³-hybridized carbons (Fsp3) is 0.438. The topological polar surface area (TPSA) is 68.1 Å². The number of aryl methyl sites for hydroxylation is 1. The lowest BCUT2D eigenvalue weighted by Gasteiger charge is -2.22. The summed E-state index contributed by atoms with van der Waals surface area (Å²) in [6.07, 6.45) is 1.08. The second-order valence-electron chi connectivity index (χ2n) is 5.59. The Morgan fingerprint density at radius 3 is 2.67 bits per heavy atom. The first-order valence-corrected chi connectivity index (χ1v) is 7.24. The van der Waals surface area contributed by atoms with Crippen molar-refractivity contribution in [3.63, 3.8) is 0 Å². The number of anilines is 1. The number of benzene rings is 1. The molecule has 21 heavy (non-hydrogen) atoms. The van der Waals surface area contributed by atoms with Crippen molar-refractivity contribution in [1.82, 2.24) is 4.98 Å². The fourth-order valence-corrected chi connectivity index (χ4v) is 2.32. The van der Waals surface area contributed by atoms with E-state index in [0.29, 0.717) is 12.0 Å². The molecule has 0 saturated carbocycles. The molecule has 0 bridgehead atoms. The van der Waals surface area contributed by atoms with Gasteiger partial charge in [-0.25, -0.2) is 0 Å². The van der Waals surface area contributed by atoms with Gasteiger partial charge in [-0.3, -0.25) is 15.1 Å². The van der Waals surface area contributed by atoms with Crippen molar-refractivity contribution < 1.29 is 4.92 Å². The van der Waals surface area contributed by atoms with E-state index in [9.17, 15) is 10.1 Å². The number of nitrogens with one attached hydrogen (secondary N) is 1. The summed E-state index contributed by atoms with van der Waals surface area (Å²) >= 11 is 0. The third kappa shape index (κ3) is 3.29. The average molecular weight is 287 g/mol. The Hall–Kier alpha value is -2.17. The molecular weight excluding hydrogens is 266 g/mol. The summed E-state index contributed by atoms with van der Waals surface area (Å²) < 4.78 is 0. The Bertz CT molecular complexity index is 670. The molecule has 2 aromatic rings. The van der Waals surface area contributed by atoms with Crippen LogP contribution in [0.25, 0.3) is 10.9 Å². The summed E-state index contributed by atoms with van der Waals surface area (Å²) in [6, 6.07) is 7.04. The normalized spacial score (nSPS) is 13.9. The standard InChI is InChI=1S/C16H21N3O2/c1-5-10(2)12(4)18-16-8-11(3)17-15-7-6-13(19(20)21)9-14(15)16/h6-10,12H,5H2,1-4H3,(H,17,18). The lowest BCUT2D eigenvalue weighted by molar-refractivity contribution is -0.384. The highest BCUT2D eigenvalue weighted by Gasteiger charge is 2.14. The SMILES string of the molecule is CCC(C)C(C)Nc1cc(C)nc2ccc([N+](=O)[O-])cc12. The van der Waals surface area contributed by atoms with Crippen LogP contribution in [0, 0.1) is 23.0 Å². The molecule has 0 radical (unpaired) electrons. The number of hydrogen-bond donors (Lipinski definition) is 1. The maximum atomic E-state index is 11.0. The summed E-state index contributed by atoms with van der Waals surface area (Å²) in [5, 5.41) is 15.2. The molecule has 1 aromatic heterocycles. The largest absolute Gasteiger partial charge is 0.382 e. The zero-order chi connectivity index (χ0) is 15.6. The first kappa shape index (κ1) is 15.2. The Morgan fingerprint density at radius 2 is 2.05 bits per heavy atom. The van der Waals surface area contributed by atoms with Crippen LogP contribution in [-0.4, -0.2) is 15.9 Å². The van der Waals surface area contributed by atoms with E-state index in [4.69, 9.17) is 0 Å². The van der Waals surface area contributed by atoms with Crippen LogP contribution in [0.15, 0.2) is 24.3 Å². The van der Waals surface area contributed by atoms with Crippen LogP contribution in [0.2, 0.25) is 0 Å². The first-order valence-electron chi connectivity index (χ1n) is 7.24. The second-order valence-corrected chi connectivity index (χ2v) is 5.59. The minimum Gasteiger partial charge on any atom is -0.382 e. The van der Waals surface area contributed by atoms with Crippen molar-refractivity contribution >= 4 is 22.3 Å². The predicted molar refractivity (Wildman–Crippen MR) is 85.7 cm³/mol. The molecule has 1 N–H and O–H groups in total. The first-order chi connectivity index (χ1) is 9.92. The van der Waals surface area contributed by atoms with Gasteiger partial charge >= 0.3 is 0 Å². The molecule has 0 fully saturated rings. The van der Waals surface area contributed by atoms with E-state index < -0.39 is 0 Å². The van der Waals surface area contributed by atoms with E-state index in [2.05, 4.69) is 31.1 Å². The van der Waals surface area contributed by atoms with Crippen molar-refractivity contribution in [3.05, 3.63) is 40.1 Å². The van der Waals surface area contributed by atoms with Gasteiger partial charge in [0.15, 0.2) is 0 Å². The molecule has 2 unspecified atom stereocenters. The van der Waals surface area contributed by atoms with Crippen LogP contribution in [-0.2, 0) is 0 Å². The van der Waals surface area contributed by atoms with Crippen LogP contribution in [0.5, 0.6) is 0 Å². The molecule has 1 heterocycles. The number of nitro groups is 1. The quantitative estimate of drug-likeness (QED) is 0.657. The number of non-ortho nitro benzene ring substituents is 1. The van der Waals surface area contributed by atoms with Gasteiger partial charge in [0.1, 0.15) is 0 Å². The number of rotatable bonds is 5. The number of nitrogens with zero attached hydrogens (tertiary/aromatic N) is 2. The molecule has 0 aliphatic rings. The fourth-order valence-electron chi connectivity index (χ4n) is 2.32. The van der Waals surface area contributed by atoms with Crippen LogP contribution in [0.1, 0.15) is 32.9 Å². The number of fused-ring (bicyclic) bond motifs is 1. The number of aromatic nitrogens is 1. The monoisotopic (exact) mass is 287 g/mol. The lowest BCUT2D eigenvalue weighted by atomic mass is 10.00.